The van der Waals surface area contributed by atoms with Crippen molar-refractivity contribution in [3.05, 3.63) is 72.1 Å². The van der Waals surface area contributed by atoms with Crippen LogP contribution in [0.3, 0.4) is 0 Å². The van der Waals surface area contributed by atoms with E-state index in [2.05, 4.69) is 42.8 Å². The van der Waals surface area contributed by atoms with Gasteiger partial charge < -0.3 is 0 Å². The van der Waals surface area contributed by atoms with Gasteiger partial charge in [0.2, 0.25) is 0 Å². The number of hydrogen-bond acceptors (Lipinski definition) is 1. The van der Waals surface area contributed by atoms with Crippen LogP contribution in [0, 0.1) is 0 Å². The smallest absolute Gasteiger partial charge is 0.0346 e. The largest absolute Gasteiger partial charge is 0.264 e. The Morgan fingerprint density at radius 1 is 1.12 bits per heavy atom. The molecule has 2 rings (SSSR count). The van der Waals surface area contributed by atoms with E-state index in [1.54, 1.807) is 6.20 Å². The molecule has 0 saturated carbocycles. The number of pyridine rings is 1. The van der Waals surface area contributed by atoms with Crippen molar-refractivity contribution < 1.29 is 0 Å². The number of aromatic nitrogens is 1. The molecule has 0 unspecified atom stereocenters. The number of hydrogen-bond donors (Lipinski definition) is 0. The molecule has 0 saturated heterocycles. The molecule has 0 spiro atoms. The molecule has 0 bridgehead atoms. The summed E-state index contributed by atoms with van der Waals surface area (Å²) in [5, 5.41) is 0. The van der Waals surface area contributed by atoms with Crippen LogP contribution in [0.2, 0.25) is 0 Å². The fourth-order valence-electron chi connectivity index (χ4n) is 1.65. The quantitative estimate of drug-likeness (QED) is 0.751. The minimum atomic E-state index is 1.02. The van der Waals surface area contributed by atoms with Crippen molar-refractivity contribution in [2.75, 3.05) is 0 Å². The highest BCUT2D eigenvalue weighted by Gasteiger charge is 2.01. The van der Waals surface area contributed by atoms with Crippen molar-refractivity contribution in [1.29, 1.82) is 0 Å². The molecule has 0 aliphatic heterocycles. The fourth-order valence-corrected chi connectivity index (χ4v) is 1.65. The van der Waals surface area contributed by atoms with E-state index in [0.717, 1.165) is 23.1 Å². The lowest BCUT2D eigenvalue weighted by molar-refractivity contribution is 1.14. The van der Waals surface area contributed by atoms with Crippen LogP contribution in [0.1, 0.15) is 23.6 Å². The van der Waals surface area contributed by atoms with Crippen LogP contribution in [-0.2, 0) is 6.42 Å². The van der Waals surface area contributed by atoms with Gasteiger partial charge in [-0.05, 0) is 34.8 Å². The minimum absolute atomic E-state index is 1.02. The average molecular weight is 209 g/mol. The molecule has 0 amide bonds. The Labute approximate surface area is 96.5 Å². The van der Waals surface area contributed by atoms with E-state index >= 15 is 0 Å². The first-order valence-corrected chi connectivity index (χ1v) is 5.50. The topological polar surface area (TPSA) is 12.9 Å². The van der Waals surface area contributed by atoms with Gasteiger partial charge in [0.25, 0.3) is 0 Å². The molecule has 16 heavy (non-hydrogen) atoms. The van der Waals surface area contributed by atoms with Crippen LogP contribution in [0.5, 0.6) is 0 Å². The normalized spacial score (nSPS) is 10.1. The van der Waals surface area contributed by atoms with Crippen LogP contribution in [0.15, 0.2) is 55.4 Å². The van der Waals surface area contributed by atoms with Gasteiger partial charge >= 0.3 is 0 Å². The molecule has 0 atom stereocenters. The van der Waals surface area contributed by atoms with Gasteiger partial charge in [-0.3, -0.25) is 4.98 Å². The van der Waals surface area contributed by atoms with Gasteiger partial charge in [0, 0.05) is 12.4 Å². The first-order chi connectivity index (χ1) is 7.81. The van der Waals surface area contributed by atoms with Gasteiger partial charge in [-0.1, -0.05) is 43.8 Å². The number of aryl methyl sites for hydroxylation is 1. The van der Waals surface area contributed by atoms with Crippen molar-refractivity contribution in [2.45, 2.75) is 13.3 Å². The van der Waals surface area contributed by atoms with Crippen LogP contribution in [-0.4, -0.2) is 4.98 Å². The predicted molar refractivity (Wildman–Crippen MR) is 68.2 cm³/mol. The van der Waals surface area contributed by atoms with E-state index in [9.17, 15) is 0 Å². The molecular weight excluding hydrogens is 194 g/mol. The molecule has 1 aromatic carbocycles. The standard InChI is InChI=1S/C15H15N/c1-3-13-6-8-14(9-7-13)12(2)15-5-4-10-16-11-15/h4-11H,2-3H2,1H3. The molecule has 1 aromatic heterocycles. The highest BCUT2D eigenvalue weighted by atomic mass is 14.6. The summed E-state index contributed by atoms with van der Waals surface area (Å²) in [7, 11) is 0. The highest BCUT2D eigenvalue weighted by Crippen LogP contribution is 2.20. The summed E-state index contributed by atoms with van der Waals surface area (Å²) in [5.74, 6) is 0. The lowest BCUT2D eigenvalue weighted by Crippen LogP contribution is -1.88. The monoisotopic (exact) mass is 209 g/mol. The second-order valence-electron chi connectivity index (χ2n) is 3.77. The Morgan fingerprint density at radius 2 is 1.88 bits per heavy atom. The Hall–Kier alpha value is -1.89. The minimum Gasteiger partial charge on any atom is -0.264 e. The third-order valence-corrected chi connectivity index (χ3v) is 2.72. The summed E-state index contributed by atoms with van der Waals surface area (Å²) in [5.41, 5.74) is 4.61. The Bertz CT molecular complexity index is 469. The zero-order chi connectivity index (χ0) is 11.4. The van der Waals surface area contributed by atoms with Crippen LogP contribution in [0.4, 0.5) is 0 Å². The molecule has 0 fully saturated rings. The van der Waals surface area contributed by atoms with Gasteiger partial charge in [-0.2, -0.15) is 0 Å². The third-order valence-electron chi connectivity index (χ3n) is 2.72. The van der Waals surface area contributed by atoms with Gasteiger partial charge in [-0.25, -0.2) is 0 Å². The van der Waals surface area contributed by atoms with Crippen molar-refractivity contribution in [2.24, 2.45) is 0 Å². The summed E-state index contributed by atoms with van der Waals surface area (Å²) in [6.07, 6.45) is 4.69. The first kappa shape index (κ1) is 10.6. The van der Waals surface area contributed by atoms with E-state index < -0.39 is 0 Å². The lowest BCUT2D eigenvalue weighted by Gasteiger charge is -2.06. The summed E-state index contributed by atoms with van der Waals surface area (Å²) >= 11 is 0. The van der Waals surface area contributed by atoms with Crippen LogP contribution >= 0.6 is 0 Å². The molecule has 2 aromatic rings. The lowest BCUT2D eigenvalue weighted by atomic mass is 9.99. The van der Waals surface area contributed by atoms with Gasteiger partial charge in [-0.15, -0.1) is 0 Å². The molecular formula is C15H15N. The highest BCUT2D eigenvalue weighted by molar-refractivity contribution is 5.77. The Balaban J connectivity index is 2.28. The van der Waals surface area contributed by atoms with Gasteiger partial charge in [0.05, 0.1) is 0 Å². The van der Waals surface area contributed by atoms with Crippen molar-refractivity contribution in [3.8, 4) is 0 Å². The molecule has 1 heterocycles. The summed E-state index contributed by atoms with van der Waals surface area (Å²) in [4.78, 5) is 4.10. The predicted octanol–water partition coefficient (Wildman–Crippen LogP) is 3.71. The molecule has 0 radical (unpaired) electrons. The number of nitrogens with zero attached hydrogens (tertiary/aromatic N) is 1. The SMILES string of the molecule is C=C(c1ccc(CC)cc1)c1cccnc1. The van der Waals surface area contributed by atoms with Gasteiger partial charge in [0.1, 0.15) is 0 Å². The molecule has 80 valence electrons. The molecule has 0 N–H and O–H groups in total. The maximum absolute atomic E-state index is 4.11. The summed E-state index contributed by atoms with van der Waals surface area (Å²) in [6, 6.07) is 12.5. The van der Waals surface area contributed by atoms with E-state index in [-0.39, 0.29) is 0 Å². The molecule has 0 aliphatic rings. The maximum atomic E-state index is 4.11. The first-order valence-electron chi connectivity index (χ1n) is 5.50. The zero-order valence-corrected chi connectivity index (χ0v) is 9.48. The average Bonchev–Trinajstić information content (AvgIpc) is 2.39. The summed E-state index contributed by atoms with van der Waals surface area (Å²) < 4.78 is 0. The van der Waals surface area contributed by atoms with E-state index in [1.807, 2.05) is 18.3 Å². The molecule has 1 nitrogen and oxygen atoms in total. The van der Waals surface area contributed by atoms with Crippen LogP contribution in [0.25, 0.3) is 5.57 Å². The fraction of sp³-hybridized carbons (Fsp3) is 0.133. The second kappa shape index (κ2) is 4.75. The van der Waals surface area contributed by atoms with Crippen LogP contribution < -0.4 is 0 Å². The van der Waals surface area contributed by atoms with E-state index in [1.165, 1.54) is 5.56 Å². The van der Waals surface area contributed by atoms with Crippen molar-refractivity contribution in [3.63, 3.8) is 0 Å². The molecule has 0 aliphatic carbocycles. The summed E-state index contributed by atoms with van der Waals surface area (Å²) in [6.45, 7) is 6.27. The number of benzene rings is 1. The Kier molecular flexibility index (Phi) is 3.16. The Morgan fingerprint density at radius 3 is 2.44 bits per heavy atom. The zero-order valence-electron chi connectivity index (χ0n) is 9.48. The van der Waals surface area contributed by atoms with Crippen molar-refractivity contribution in [1.82, 2.24) is 4.98 Å². The van der Waals surface area contributed by atoms with Crippen molar-refractivity contribution >= 4 is 5.57 Å². The molecule has 1 heteroatoms. The maximum Gasteiger partial charge on any atom is 0.0346 e. The van der Waals surface area contributed by atoms with E-state index in [4.69, 9.17) is 0 Å². The third kappa shape index (κ3) is 2.19. The number of rotatable bonds is 3. The second-order valence-corrected chi connectivity index (χ2v) is 3.77. The van der Waals surface area contributed by atoms with Gasteiger partial charge in [0.15, 0.2) is 0 Å². The van der Waals surface area contributed by atoms with E-state index in [0.29, 0.717) is 0 Å².